The maximum absolute atomic E-state index is 12.3. The smallest absolute Gasteiger partial charge is 0.306 e. The van der Waals surface area contributed by atoms with E-state index in [0.29, 0.717) is 37.1 Å². The van der Waals surface area contributed by atoms with Crippen molar-refractivity contribution >= 4 is 63.8 Å². The van der Waals surface area contributed by atoms with Crippen LogP contribution in [0.5, 0.6) is 5.75 Å². The van der Waals surface area contributed by atoms with E-state index in [9.17, 15) is 9.59 Å². The molecule has 0 unspecified atom stereocenters. The monoisotopic (exact) mass is 436 g/mol. The Bertz CT molecular complexity index is 992. The van der Waals surface area contributed by atoms with Crippen LogP contribution in [0.3, 0.4) is 0 Å². The van der Waals surface area contributed by atoms with Gasteiger partial charge in [-0.1, -0.05) is 41.4 Å². The van der Waals surface area contributed by atoms with Gasteiger partial charge in [-0.15, -0.1) is 0 Å². The number of hydrogen-bond acceptors (Lipinski definition) is 5. The number of thioether (sulfide) groups is 1. The van der Waals surface area contributed by atoms with Crippen molar-refractivity contribution in [2.24, 2.45) is 4.99 Å². The highest BCUT2D eigenvalue weighted by molar-refractivity contribution is 8.18. The van der Waals surface area contributed by atoms with E-state index in [1.807, 2.05) is 0 Å². The van der Waals surface area contributed by atoms with Crippen molar-refractivity contribution < 1.29 is 19.4 Å². The quantitative estimate of drug-likeness (QED) is 0.638. The molecule has 28 heavy (non-hydrogen) atoms. The minimum absolute atomic E-state index is 0.0383. The highest BCUT2D eigenvalue weighted by Crippen LogP contribution is 2.33. The summed E-state index contributed by atoms with van der Waals surface area (Å²) in [5.74, 6) is -0.742. The fourth-order valence-electron chi connectivity index (χ4n) is 2.28. The number of carbonyl (C=O) groups is 2. The van der Waals surface area contributed by atoms with Gasteiger partial charge >= 0.3 is 5.97 Å². The molecule has 2 aromatic rings. The maximum Gasteiger partial charge on any atom is 0.306 e. The van der Waals surface area contributed by atoms with Gasteiger partial charge < -0.3 is 15.2 Å². The molecule has 9 heteroatoms. The molecule has 0 spiro atoms. The lowest BCUT2D eigenvalue weighted by molar-refractivity contribution is -0.137. The fourth-order valence-corrected chi connectivity index (χ4v) is 3.56. The highest BCUT2D eigenvalue weighted by atomic mass is 35.5. The van der Waals surface area contributed by atoms with Crippen molar-refractivity contribution in [3.8, 4) is 5.75 Å². The van der Waals surface area contributed by atoms with Gasteiger partial charge in [0.2, 0.25) is 0 Å². The van der Waals surface area contributed by atoms with Crippen LogP contribution in [0.15, 0.2) is 52.4 Å². The maximum atomic E-state index is 12.3. The number of benzene rings is 2. The minimum Gasteiger partial charge on any atom is -0.492 e. The van der Waals surface area contributed by atoms with Crippen LogP contribution in [0.2, 0.25) is 10.0 Å². The summed E-state index contributed by atoms with van der Waals surface area (Å²) in [5, 5.41) is 12.7. The predicted octanol–water partition coefficient (Wildman–Crippen LogP) is 4.74. The Morgan fingerprint density at radius 1 is 1.25 bits per heavy atom. The zero-order valence-electron chi connectivity index (χ0n) is 14.3. The third kappa shape index (κ3) is 5.28. The van der Waals surface area contributed by atoms with E-state index in [1.165, 1.54) is 11.8 Å². The predicted molar refractivity (Wildman–Crippen MR) is 111 cm³/mol. The lowest BCUT2D eigenvalue weighted by atomic mass is 10.2. The third-order valence-electron chi connectivity index (χ3n) is 3.56. The second-order valence-corrected chi connectivity index (χ2v) is 7.48. The topological polar surface area (TPSA) is 88.0 Å². The number of rotatable bonds is 6. The number of carboxylic acid groups (broad SMARTS) is 1. The Morgan fingerprint density at radius 3 is 2.79 bits per heavy atom. The third-order valence-corrected chi connectivity index (χ3v) is 5.01. The summed E-state index contributed by atoms with van der Waals surface area (Å²) in [6.07, 6.45) is 1.56. The van der Waals surface area contributed by atoms with Gasteiger partial charge in [0.25, 0.3) is 5.91 Å². The summed E-state index contributed by atoms with van der Waals surface area (Å²) >= 11 is 13.2. The van der Waals surface area contributed by atoms with Crippen LogP contribution in [0.1, 0.15) is 12.0 Å². The number of amidine groups is 1. The Hall–Kier alpha value is -2.48. The Morgan fingerprint density at radius 2 is 2.04 bits per heavy atom. The molecule has 1 aliphatic heterocycles. The van der Waals surface area contributed by atoms with E-state index in [1.54, 1.807) is 48.5 Å². The van der Waals surface area contributed by atoms with Crippen LogP contribution in [0.25, 0.3) is 6.08 Å². The first-order valence-electron chi connectivity index (χ1n) is 8.10. The molecule has 0 radical (unpaired) electrons. The van der Waals surface area contributed by atoms with Gasteiger partial charge in [0.1, 0.15) is 5.75 Å². The molecule has 1 heterocycles. The van der Waals surface area contributed by atoms with Crippen molar-refractivity contribution in [3.05, 3.63) is 63.0 Å². The largest absolute Gasteiger partial charge is 0.492 e. The summed E-state index contributed by atoms with van der Waals surface area (Å²) < 4.78 is 5.52. The number of aliphatic imine (C=N–C) groups is 1. The molecule has 0 atom stereocenters. The van der Waals surface area contributed by atoms with Gasteiger partial charge in [-0.05, 0) is 42.1 Å². The number of carbonyl (C=O) groups excluding carboxylic acids is 1. The Labute approximate surface area is 175 Å². The molecule has 1 saturated heterocycles. The van der Waals surface area contributed by atoms with Crippen LogP contribution >= 0.6 is 35.0 Å². The van der Waals surface area contributed by atoms with Crippen molar-refractivity contribution in [1.82, 2.24) is 5.32 Å². The van der Waals surface area contributed by atoms with Gasteiger partial charge in [0.15, 0.2) is 5.17 Å². The molecule has 144 valence electrons. The second-order valence-electron chi connectivity index (χ2n) is 5.61. The average Bonchev–Trinajstić information content (AvgIpc) is 2.98. The summed E-state index contributed by atoms with van der Waals surface area (Å²) in [6, 6.07) is 12.0. The average molecular weight is 437 g/mol. The summed E-state index contributed by atoms with van der Waals surface area (Å²) in [4.78, 5) is 27.7. The van der Waals surface area contributed by atoms with Gasteiger partial charge in [-0.25, -0.2) is 4.99 Å². The molecule has 1 amide bonds. The number of carboxylic acids is 1. The highest BCUT2D eigenvalue weighted by Gasteiger charge is 2.24. The number of para-hydroxylation sites is 1. The van der Waals surface area contributed by atoms with Gasteiger partial charge in [0.05, 0.1) is 28.6 Å². The van der Waals surface area contributed by atoms with E-state index < -0.39 is 5.97 Å². The molecular weight excluding hydrogens is 423 g/mol. The summed E-state index contributed by atoms with van der Waals surface area (Å²) in [6.45, 7) is 0.0383. The Balaban J connectivity index is 1.79. The number of nitrogens with one attached hydrogen (secondary N) is 1. The van der Waals surface area contributed by atoms with Crippen LogP contribution in [0.4, 0.5) is 5.69 Å². The first kappa shape index (κ1) is 20.3. The normalized spacial score (nSPS) is 16.4. The number of aliphatic carboxylic acids is 1. The number of hydrogen-bond donors (Lipinski definition) is 2. The van der Waals surface area contributed by atoms with Crippen molar-refractivity contribution in [2.75, 3.05) is 6.61 Å². The second kappa shape index (κ2) is 9.14. The van der Waals surface area contributed by atoms with Gasteiger partial charge in [0, 0.05) is 10.6 Å². The molecule has 0 bridgehead atoms. The van der Waals surface area contributed by atoms with E-state index in [-0.39, 0.29) is 18.9 Å². The van der Waals surface area contributed by atoms with E-state index in [4.69, 9.17) is 33.0 Å². The first-order chi connectivity index (χ1) is 13.4. The van der Waals surface area contributed by atoms with Crippen molar-refractivity contribution in [2.45, 2.75) is 6.42 Å². The van der Waals surface area contributed by atoms with Gasteiger partial charge in [-0.2, -0.15) is 0 Å². The molecule has 1 aliphatic rings. The van der Waals surface area contributed by atoms with Crippen LogP contribution < -0.4 is 10.1 Å². The zero-order valence-corrected chi connectivity index (χ0v) is 16.6. The number of halogens is 2. The van der Waals surface area contributed by atoms with E-state index in [2.05, 4.69) is 10.3 Å². The Kier molecular flexibility index (Phi) is 6.61. The standard InChI is InChI=1S/C19H14Cl2N2O4S/c20-12-5-6-14(13(21)10-12)22-19-23-18(26)16(28-19)9-11-3-1-2-4-15(11)27-8-7-17(24)25/h1-6,9-10H,7-8H2,(H,24,25)(H,22,23,26)/b16-9+. The van der Waals surface area contributed by atoms with E-state index >= 15 is 0 Å². The number of nitrogens with zero attached hydrogens (tertiary/aromatic N) is 1. The summed E-state index contributed by atoms with van der Waals surface area (Å²) in [7, 11) is 0. The fraction of sp³-hybridized carbons (Fsp3) is 0.105. The van der Waals surface area contributed by atoms with Crippen molar-refractivity contribution in [3.63, 3.8) is 0 Å². The van der Waals surface area contributed by atoms with E-state index in [0.717, 1.165) is 0 Å². The molecule has 2 aromatic carbocycles. The van der Waals surface area contributed by atoms with Crippen LogP contribution in [0, 0.1) is 0 Å². The molecule has 0 saturated carbocycles. The molecule has 3 rings (SSSR count). The van der Waals surface area contributed by atoms with Crippen LogP contribution in [-0.4, -0.2) is 28.8 Å². The summed E-state index contributed by atoms with van der Waals surface area (Å²) in [5.41, 5.74) is 1.16. The zero-order chi connectivity index (χ0) is 20.1. The SMILES string of the molecule is O=C(O)CCOc1ccccc1/C=C1/SC(=Nc2ccc(Cl)cc2Cl)NC1=O. The molecular formula is C19H14Cl2N2O4S. The van der Waals surface area contributed by atoms with Crippen LogP contribution in [-0.2, 0) is 9.59 Å². The molecule has 6 nitrogen and oxygen atoms in total. The number of ether oxygens (including phenoxy) is 1. The van der Waals surface area contributed by atoms with Crippen molar-refractivity contribution in [1.29, 1.82) is 0 Å². The molecule has 0 aromatic heterocycles. The first-order valence-corrected chi connectivity index (χ1v) is 9.68. The van der Waals surface area contributed by atoms with Gasteiger partial charge in [-0.3, -0.25) is 9.59 Å². The minimum atomic E-state index is -0.941. The lowest BCUT2D eigenvalue weighted by Crippen LogP contribution is -2.19. The lowest BCUT2D eigenvalue weighted by Gasteiger charge is -2.08. The molecule has 1 fully saturated rings. The molecule has 0 aliphatic carbocycles. The molecule has 2 N–H and O–H groups in total. The number of amides is 1.